The van der Waals surface area contributed by atoms with Crippen LogP contribution in [0.15, 0.2) is 43.0 Å². The zero-order valence-electron chi connectivity index (χ0n) is 13.3. The molecule has 118 valence electrons. The zero-order valence-corrected chi connectivity index (χ0v) is 13.3. The first-order valence-electron chi connectivity index (χ1n) is 7.18. The third-order valence-electron chi connectivity index (χ3n) is 2.99. The number of aromatic nitrogens is 2. The molecule has 0 aliphatic carbocycles. The van der Waals surface area contributed by atoms with Crippen LogP contribution in [0.25, 0.3) is 5.69 Å². The van der Waals surface area contributed by atoms with Gasteiger partial charge in [0.1, 0.15) is 5.60 Å². The number of carbonyl (C=O) groups excluding carboxylic acids is 1. The third kappa shape index (κ3) is 4.60. The Morgan fingerprint density at radius 2 is 1.95 bits per heavy atom. The predicted molar refractivity (Wildman–Crippen MR) is 84.5 cm³/mol. The second-order valence-corrected chi connectivity index (χ2v) is 6.05. The summed E-state index contributed by atoms with van der Waals surface area (Å²) in [4.78, 5) is 15.6. The molecule has 1 unspecified atom stereocenters. The fourth-order valence-electron chi connectivity index (χ4n) is 1.90. The van der Waals surface area contributed by atoms with E-state index in [1.54, 1.807) is 12.5 Å². The van der Waals surface area contributed by atoms with E-state index in [0.717, 1.165) is 11.3 Å². The zero-order chi connectivity index (χ0) is 16.2. The van der Waals surface area contributed by atoms with Gasteiger partial charge in [0.2, 0.25) is 0 Å². The molecule has 1 atom stereocenters. The van der Waals surface area contributed by atoms with Gasteiger partial charge in [-0.25, -0.2) is 15.2 Å². The number of nitrogens with zero attached hydrogens (tertiary/aromatic N) is 2. The molecule has 0 spiro atoms. The monoisotopic (exact) mass is 302 g/mol. The summed E-state index contributed by atoms with van der Waals surface area (Å²) in [6, 6.07) is 7.98. The molecule has 1 aromatic carbocycles. The number of amides is 1. The summed E-state index contributed by atoms with van der Waals surface area (Å²) < 4.78 is 7.10. The fraction of sp³-hybridized carbons (Fsp3) is 0.375. The Morgan fingerprint density at radius 1 is 1.27 bits per heavy atom. The Balaban J connectivity index is 1.90. The first-order chi connectivity index (χ1) is 10.3. The molecule has 0 saturated carbocycles. The smallest absolute Gasteiger partial charge is 0.422 e. The minimum atomic E-state index is -0.512. The summed E-state index contributed by atoms with van der Waals surface area (Å²) in [6.07, 6.45) is 4.89. The van der Waals surface area contributed by atoms with Crippen LogP contribution in [0.1, 0.15) is 39.3 Å². The van der Waals surface area contributed by atoms with E-state index in [1.165, 1.54) is 0 Å². The molecule has 1 heterocycles. The van der Waals surface area contributed by atoms with E-state index in [4.69, 9.17) is 4.74 Å². The molecule has 6 nitrogen and oxygen atoms in total. The quantitative estimate of drug-likeness (QED) is 0.852. The molecule has 1 amide bonds. The van der Waals surface area contributed by atoms with E-state index in [2.05, 4.69) is 15.8 Å². The van der Waals surface area contributed by atoms with Gasteiger partial charge in [0.25, 0.3) is 0 Å². The van der Waals surface area contributed by atoms with E-state index >= 15 is 0 Å². The van der Waals surface area contributed by atoms with Gasteiger partial charge in [0, 0.05) is 24.1 Å². The van der Waals surface area contributed by atoms with Crippen LogP contribution in [-0.4, -0.2) is 21.2 Å². The third-order valence-corrected chi connectivity index (χ3v) is 2.99. The minimum absolute atomic E-state index is 0.0376. The fourth-order valence-corrected chi connectivity index (χ4v) is 1.90. The lowest BCUT2D eigenvalue weighted by atomic mass is 10.1. The molecular weight excluding hydrogens is 280 g/mol. The van der Waals surface area contributed by atoms with E-state index < -0.39 is 11.7 Å². The lowest BCUT2D eigenvalue weighted by Crippen LogP contribution is -2.42. The molecule has 1 aromatic heterocycles. The van der Waals surface area contributed by atoms with Gasteiger partial charge in [-0.15, -0.1) is 0 Å². The first kappa shape index (κ1) is 16.0. The maximum Gasteiger partial charge on any atom is 0.422 e. The summed E-state index contributed by atoms with van der Waals surface area (Å²) in [7, 11) is 0. The molecule has 0 saturated heterocycles. The number of carbonyl (C=O) groups is 1. The molecule has 0 fully saturated rings. The van der Waals surface area contributed by atoms with Crippen LogP contribution in [0.5, 0.6) is 0 Å². The molecule has 0 radical (unpaired) electrons. The Labute approximate surface area is 130 Å². The van der Waals surface area contributed by atoms with Crippen LogP contribution < -0.4 is 10.9 Å². The number of rotatable bonds is 4. The van der Waals surface area contributed by atoms with Crippen LogP contribution in [0, 0.1) is 0 Å². The highest BCUT2D eigenvalue weighted by Crippen LogP contribution is 2.15. The van der Waals surface area contributed by atoms with Crippen molar-refractivity contribution in [3.63, 3.8) is 0 Å². The highest BCUT2D eigenvalue weighted by atomic mass is 16.6. The number of nitrogens with one attached hydrogen (secondary N) is 2. The lowest BCUT2D eigenvalue weighted by molar-refractivity contribution is 0.0489. The Kier molecular flexibility index (Phi) is 4.82. The largest absolute Gasteiger partial charge is 0.443 e. The highest BCUT2D eigenvalue weighted by molar-refractivity contribution is 5.67. The van der Waals surface area contributed by atoms with Crippen LogP contribution in [0.3, 0.4) is 0 Å². The first-order valence-corrected chi connectivity index (χ1v) is 7.18. The number of imidazole rings is 1. The molecule has 2 rings (SSSR count). The average molecular weight is 302 g/mol. The molecule has 6 heteroatoms. The van der Waals surface area contributed by atoms with Crippen molar-refractivity contribution in [2.45, 2.75) is 39.3 Å². The number of hydrogen-bond acceptors (Lipinski definition) is 4. The van der Waals surface area contributed by atoms with Crippen molar-refractivity contribution < 1.29 is 9.53 Å². The standard InChI is InChI=1S/C16H22N4O2/c1-12(18-19-15(21)22-16(2,3)4)13-5-7-14(8-6-13)20-10-9-17-11-20/h5-12,18H,1-4H3,(H,19,21). The van der Waals surface area contributed by atoms with Crippen LogP contribution in [0.4, 0.5) is 4.79 Å². The summed E-state index contributed by atoms with van der Waals surface area (Å²) in [5, 5.41) is 0. The van der Waals surface area contributed by atoms with Gasteiger partial charge >= 0.3 is 6.09 Å². The van der Waals surface area contributed by atoms with Crippen molar-refractivity contribution in [3.05, 3.63) is 48.5 Å². The molecule has 2 aromatic rings. The van der Waals surface area contributed by atoms with Crippen LogP contribution >= 0.6 is 0 Å². The average Bonchev–Trinajstić information content (AvgIpc) is 2.97. The Hall–Kier alpha value is -2.34. The second-order valence-electron chi connectivity index (χ2n) is 6.05. The molecular formula is C16H22N4O2. The normalized spacial score (nSPS) is 12.7. The highest BCUT2D eigenvalue weighted by Gasteiger charge is 2.16. The second kappa shape index (κ2) is 6.62. The topological polar surface area (TPSA) is 68.2 Å². The predicted octanol–water partition coefficient (Wildman–Crippen LogP) is 2.96. The summed E-state index contributed by atoms with van der Waals surface area (Å²) >= 11 is 0. The van der Waals surface area contributed by atoms with Gasteiger partial charge in [-0.3, -0.25) is 5.43 Å². The van der Waals surface area contributed by atoms with Crippen molar-refractivity contribution in [1.82, 2.24) is 20.4 Å². The SMILES string of the molecule is CC(NNC(=O)OC(C)(C)C)c1ccc(-n2ccnc2)cc1. The van der Waals surface area contributed by atoms with Crippen LogP contribution in [0.2, 0.25) is 0 Å². The van der Waals surface area contributed by atoms with Crippen molar-refractivity contribution >= 4 is 6.09 Å². The Bertz CT molecular complexity index is 600. The van der Waals surface area contributed by atoms with Crippen molar-refractivity contribution in [3.8, 4) is 5.69 Å². The molecule has 0 aliphatic heterocycles. The minimum Gasteiger partial charge on any atom is -0.443 e. The van der Waals surface area contributed by atoms with E-state index in [9.17, 15) is 4.79 Å². The van der Waals surface area contributed by atoms with Gasteiger partial charge < -0.3 is 9.30 Å². The number of benzene rings is 1. The summed E-state index contributed by atoms with van der Waals surface area (Å²) in [5.41, 5.74) is 7.06. The Morgan fingerprint density at radius 3 is 2.50 bits per heavy atom. The van der Waals surface area contributed by atoms with E-state index in [0.29, 0.717) is 0 Å². The van der Waals surface area contributed by atoms with E-state index in [1.807, 2.05) is 62.7 Å². The van der Waals surface area contributed by atoms with Gasteiger partial charge in [0.05, 0.1) is 6.33 Å². The molecule has 0 bridgehead atoms. The number of hydrazine groups is 1. The van der Waals surface area contributed by atoms with Gasteiger partial charge in [-0.05, 0) is 45.4 Å². The van der Waals surface area contributed by atoms with Crippen molar-refractivity contribution in [1.29, 1.82) is 0 Å². The summed E-state index contributed by atoms with van der Waals surface area (Å²) in [6.45, 7) is 7.43. The van der Waals surface area contributed by atoms with Crippen LogP contribution in [-0.2, 0) is 4.74 Å². The lowest BCUT2D eigenvalue weighted by Gasteiger charge is -2.21. The van der Waals surface area contributed by atoms with Crippen molar-refractivity contribution in [2.75, 3.05) is 0 Å². The van der Waals surface area contributed by atoms with Gasteiger partial charge in [-0.1, -0.05) is 12.1 Å². The molecule has 22 heavy (non-hydrogen) atoms. The molecule has 2 N–H and O–H groups in total. The van der Waals surface area contributed by atoms with Crippen molar-refractivity contribution in [2.24, 2.45) is 0 Å². The van der Waals surface area contributed by atoms with Gasteiger partial charge in [0.15, 0.2) is 0 Å². The number of hydrogen-bond donors (Lipinski definition) is 2. The van der Waals surface area contributed by atoms with Gasteiger partial charge in [-0.2, -0.15) is 0 Å². The molecule has 0 aliphatic rings. The summed E-state index contributed by atoms with van der Waals surface area (Å²) in [5.74, 6) is 0. The maximum absolute atomic E-state index is 11.6. The number of ether oxygens (including phenoxy) is 1. The maximum atomic E-state index is 11.6. The van der Waals surface area contributed by atoms with E-state index in [-0.39, 0.29) is 6.04 Å².